The Morgan fingerprint density at radius 1 is 1.17 bits per heavy atom. The van der Waals surface area contributed by atoms with E-state index in [0.717, 1.165) is 16.5 Å². The smallest absolute Gasteiger partial charge is 0.293 e. The van der Waals surface area contributed by atoms with E-state index in [2.05, 4.69) is 4.98 Å². The highest BCUT2D eigenvalue weighted by Gasteiger charge is 2.38. The van der Waals surface area contributed by atoms with Crippen LogP contribution in [0.15, 0.2) is 54.7 Å². The van der Waals surface area contributed by atoms with Gasteiger partial charge in [0.15, 0.2) is 0 Å². The van der Waals surface area contributed by atoms with Crippen molar-refractivity contribution in [3.05, 3.63) is 70.4 Å². The number of anilines is 1. The number of H-pyrrole nitrogens is 1. The third kappa shape index (κ3) is 2.25. The lowest BCUT2D eigenvalue weighted by Gasteiger charge is -2.23. The van der Waals surface area contributed by atoms with Gasteiger partial charge >= 0.3 is 0 Å². The highest BCUT2D eigenvalue weighted by molar-refractivity contribution is 8.00. The van der Waals surface area contributed by atoms with E-state index in [1.807, 2.05) is 30.5 Å². The number of para-hydroxylation sites is 3. The quantitative estimate of drug-likeness (QED) is 0.580. The number of fused-ring (bicyclic) bond motifs is 1. The number of carbonyl (C=O) groups excluding carboxylic acids is 1. The Kier molecular flexibility index (Phi) is 3.50. The predicted octanol–water partition coefficient (Wildman–Crippen LogP) is 3.85. The predicted molar refractivity (Wildman–Crippen MR) is 94.1 cm³/mol. The van der Waals surface area contributed by atoms with Crippen molar-refractivity contribution >= 4 is 39.9 Å². The minimum absolute atomic E-state index is 0.0572. The lowest BCUT2D eigenvalue weighted by molar-refractivity contribution is -0.384. The Morgan fingerprint density at radius 2 is 1.92 bits per heavy atom. The van der Waals surface area contributed by atoms with E-state index >= 15 is 0 Å². The summed E-state index contributed by atoms with van der Waals surface area (Å²) in [4.78, 5) is 28.1. The Bertz CT molecular complexity index is 953. The molecule has 0 saturated carbocycles. The zero-order valence-corrected chi connectivity index (χ0v) is 13.3. The molecular weight excluding hydrogens is 326 g/mol. The van der Waals surface area contributed by atoms with Crippen LogP contribution in [0.2, 0.25) is 0 Å². The third-order valence-corrected chi connectivity index (χ3v) is 5.29. The Morgan fingerprint density at radius 3 is 2.75 bits per heavy atom. The molecule has 1 unspecified atom stereocenters. The average Bonchev–Trinajstić information content (AvgIpc) is 3.18. The number of nitro benzene ring substituents is 1. The van der Waals surface area contributed by atoms with E-state index < -0.39 is 4.92 Å². The molecule has 3 aromatic rings. The molecule has 1 N–H and O–H groups in total. The number of rotatable bonds is 3. The van der Waals surface area contributed by atoms with Gasteiger partial charge in [-0.05, 0) is 12.1 Å². The van der Waals surface area contributed by atoms with Crippen LogP contribution in [0.1, 0.15) is 10.9 Å². The zero-order chi connectivity index (χ0) is 16.7. The number of nitrogens with one attached hydrogen (secondary N) is 1. The highest BCUT2D eigenvalue weighted by Crippen LogP contribution is 2.46. The summed E-state index contributed by atoms with van der Waals surface area (Å²) in [5.41, 5.74) is 2.22. The zero-order valence-electron chi connectivity index (χ0n) is 12.5. The maximum Gasteiger partial charge on any atom is 0.293 e. The van der Waals surface area contributed by atoms with Gasteiger partial charge in [0.05, 0.1) is 10.7 Å². The SMILES string of the molecule is O=C1CSC(c2c[nH]c3ccccc23)N1c1ccccc1[N+](=O)[O-]. The van der Waals surface area contributed by atoms with E-state index in [1.165, 1.54) is 17.8 Å². The fourth-order valence-electron chi connectivity index (χ4n) is 3.04. The molecule has 2 aromatic carbocycles. The van der Waals surface area contributed by atoms with Crippen molar-refractivity contribution in [2.24, 2.45) is 0 Å². The maximum absolute atomic E-state index is 12.5. The van der Waals surface area contributed by atoms with Crippen molar-refractivity contribution in [2.45, 2.75) is 5.37 Å². The molecule has 6 nitrogen and oxygen atoms in total. The molecule has 1 atom stereocenters. The molecule has 2 heterocycles. The Labute approximate surface area is 141 Å². The number of carbonyl (C=O) groups is 1. The van der Waals surface area contributed by atoms with E-state index in [4.69, 9.17) is 0 Å². The molecular formula is C17H13N3O3S. The average molecular weight is 339 g/mol. The summed E-state index contributed by atoms with van der Waals surface area (Å²) in [5, 5.41) is 12.1. The first-order chi connectivity index (χ1) is 11.7. The fourth-order valence-corrected chi connectivity index (χ4v) is 4.23. The molecule has 1 amide bonds. The van der Waals surface area contributed by atoms with Gasteiger partial charge in [-0.2, -0.15) is 0 Å². The number of aromatic nitrogens is 1. The number of aromatic amines is 1. The lowest BCUT2D eigenvalue weighted by atomic mass is 10.1. The molecule has 1 aromatic heterocycles. The van der Waals surface area contributed by atoms with Gasteiger partial charge in [-0.3, -0.25) is 19.8 Å². The van der Waals surface area contributed by atoms with E-state index in [9.17, 15) is 14.9 Å². The second-order valence-corrected chi connectivity index (χ2v) is 6.53. The van der Waals surface area contributed by atoms with E-state index in [-0.39, 0.29) is 17.0 Å². The number of hydrogen-bond donors (Lipinski definition) is 1. The first-order valence-corrected chi connectivity index (χ1v) is 8.45. The molecule has 1 fully saturated rings. The summed E-state index contributed by atoms with van der Waals surface area (Å²) < 4.78 is 0. The van der Waals surface area contributed by atoms with Crippen LogP contribution in [0.3, 0.4) is 0 Å². The summed E-state index contributed by atoms with van der Waals surface area (Å²) in [5.74, 6) is 0.181. The summed E-state index contributed by atoms with van der Waals surface area (Å²) in [7, 11) is 0. The molecule has 7 heteroatoms. The first-order valence-electron chi connectivity index (χ1n) is 7.40. The van der Waals surface area contributed by atoms with Gasteiger partial charge in [0.25, 0.3) is 5.69 Å². The van der Waals surface area contributed by atoms with Crippen molar-refractivity contribution in [2.75, 3.05) is 10.7 Å². The van der Waals surface area contributed by atoms with Gasteiger partial charge in [0.2, 0.25) is 5.91 Å². The number of hydrogen-bond acceptors (Lipinski definition) is 4. The summed E-state index contributed by atoms with van der Waals surface area (Å²) in [6.45, 7) is 0. The Balaban J connectivity index is 1.85. The van der Waals surface area contributed by atoms with Crippen LogP contribution in [0, 0.1) is 10.1 Å². The second-order valence-electron chi connectivity index (χ2n) is 5.46. The number of thioether (sulfide) groups is 1. The molecule has 1 aliphatic heterocycles. The topological polar surface area (TPSA) is 79.2 Å². The van der Waals surface area contributed by atoms with Crippen molar-refractivity contribution in [1.82, 2.24) is 4.98 Å². The summed E-state index contributed by atoms with van der Waals surface area (Å²) >= 11 is 1.48. The van der Waals surface area contributed by atoms with Gasteiger partial charge < -0.3 is 4.98 Å². The first kappa shape index (κ1) is 14.8. The van der Waals surface area contributed by atoms with Crippen LogP contribution in [-0.4, -0.2) is 21.6 Å². The number of nitrogens with zero attached hydrogens (tertiary/aromatic N) is 2. The molecule has 1 saturated heterocycles. The molecule has 0 aliphatic carbocycles. The maximum atomic E-state index is 12.5. The summed E-state index contributed by atoms with van der Waals surface area (Å²) in [6, 6.07) is 14.2. The van der Waals surface area contributed by atoms with Crippen molar-refractivity contribution in [3.8, 4) is 0 Å². The standard InChI is InChI=1S/C17H13N3O3S/c21-16-10-24-17(12-9-18-13-6-2-1-5-11(12)13)19(16)14-7-3-4-8-15(14)20(22)23/h1-9,17-18H,10H2. The van der Waals surface area contributed by atoms with Gasteiger partial charge in [-0.15, -0.1) is 11.8 Å². The minimum Gasteiger partial charge on any atom is -0.361 e. The molecule has 4 rings (SSSR count). The molecule has 24 heavy (non-hydrogen) atoms. The molecule has 120 valence electrons. The summed E-state index contributed by atoms with van der Waals surface area (Å²) in [6.07, 6.45) is 1.88. The normalized spacial score (nSPS) is 17.6. The van der Waals surface area contributed by atoms with Crippen LogP contribution >= 0.6 is 11.8 Å². The Hall–Kier alpha value is -2.80. The lowest BCUT2D eigenvalue weighted by Crippen LogP contribution is -2.28. The number of amides is 1. The largest absolute Gasteiger partial charge is 0.361 e. The molecule has 1 aliphatic rings. The van der Waals surface area contributed by atoms with Crippen molar-refractivity contribution in [1.29, 1.82) is 0 Å². The fraction of sp³-hybridized carbons (Fsp3) is 0.118. The monoisotopic (exact) mass is 339 g/mol. The van der Waals surface area contributed by atoms with Crippen LogP contribution in [0.4, 0.5) is 11.4 Å². The van der Waals surface area contributed by atoms with Gasteiger partial charge in [0.1, 0.15) is 11.1 Å². The van der Waals surface area contributed by atoms with Crippen molar-refractivity contribution in [3.63, 3.8) is 0 Å². The van der Waals surface area contributed by atoms with E-state index in [0.29, 0.717) is 11.4 Å². The van der Waals surface area contributed by atoms with Crippen LogP contribution in [-0.2, 0) is 4.79 Å². The molecule has 0 spiro atoms. The van der Waals surface area contributed by atoms with Crippen LogP contribution in [0.25, 0.3) is 10.9 Å². The minimum atomic E-state index is -0.447. The van der Waals surface area contributed by atoms with Crippen LogP contribution < -0.4 is 4.90 Å². The van der Waals surface area contributed by atoms with Gasteiger partial charge in [0, 0.05) is 28.7 Å². The molecule has 0 radical (unpaired) electrons. The molecule has 0 bridgehead atoms. The second kappa shape index (κ2) is 5.68. The number of nitro groups is 1. The third-order valence-electron chi connectivity index (χ3n) is 4.09. The van der Waals surface area contributed by atoms with Crippen LogP contribution in [0.5, 0.6) is 0 Å². The van der Waals surface area contributed by atoms with Gasteiger partial charge in [-0.1, -0.05) is 30.3 Å². The van der Waals surface area contributed by atoms with Gasteiger partial charge in [-0.25, -0.2) is 0 Å². The number of benzene rings is 2. The van der Waals surface area contributed by atoms with Crippen molar-refractivity contribution < 1.29 is 9.72 Å². The van der Waals surface area contributed by atoms with E-state index in [1.54, 1.807) is 23.1 Å². The highest BCUT2D eigenvalue weighted by atomic mass is 32.2.